The Balaban J connectivity index is 1.57. The van der Waals surface area contributed by atoms with Crippen molar-refractivity contribution >= 4 is 11.7 Å². The predicted octanol–water partition coefficient (Wildman–Crippen LogP) is 4.65. The van der Waals surface area contributed by atoms with Crippen molar-refractivity contribution in [3.8, 4) is 16.9 Å². The van der Waals surface area contributed by atoms with E-state index in [2.05, 4.69) is 36.2 Å². The van der Waals surface area contributed by atoms with Gasteiger partial charge >= 0.3 is 6.03 Å². The number of carbonyl (C=O) groups is 1. The number of hydrogen-bond donors (Lipinski definition) is 1. The highest BCUT2D eigenvalue weighted by atomic mass is 16.5. The van der Waals surface area contributed by atoms with Gasteiger partial charge in [-0.15, -0.1) is 0 Å². The maximum atomic E-state index is 13.2. The Labute approximate surface area is 171 Å². The lowest BCUT2D eigenvalue weighted by molar-refractivity contribution is 0.205. The first-order valence-corrected chi connectivity index (χ1v) is 9.96. The topological polar surface area (TPSA) is 61.5 Å². The first kappa shape index (κ1) is 19.1. The van der Waals surface area contributed by atoms with Gasteiger partial charge in [-0.2, -0.15) is 5.10 Å². The molecule has 6 heteroatoms. The summed E-state index contributed by atoms with van der Waals surface area (Å²) in [4.78, 5) is 17.0. The molecule has 4 rings (SSSR count). The maximum Gasteiger partial charge on any atom is 0.325 e. The summed E-state index contributed by atoms with van der Waals surface area (Å²) in [5, 5.41) is 6.92. The van der Waals surface area contributed by atoms with E-state index in [4.69, 9.17) is 4.74 Å². The van der Waals surface area contributed by atoms with Gasteiger partial charge in [0, 0.05) is 30.5 Å². The van der Waals surface area contributed by atoms with Crippen LogP contribution in [-0.4, -0.2) is 41.3 Å². The highest BCUT2D eigenvalue weighted by Crippen LogP contribution is 2.32. The van der Waals surface area contributed by atoms with Crippen LogP contribution in [0.15, 0.2) is 54.9 Å². The van der Waals surface area contributed by atoms with E-state index in [1.165, 1.54) is 5.56 Å². The minimum absolute atomic E-state index is 0.0153. The molecular formula is C23H26N4O2. The van der Waals surface area contributed by atoms with Crippen molar-refractivity contribution in [2.24, 2.45) is 0 Å². The van der Waals surface area contributed by atoms with E-state index in [1.807, 2.05) is 52.5 Å². The fraction of sp³-hybridized carbons (Fsp3) is 0.304. The second kappa shape index (κ2) is 7.99. The van der Waals surface area contributed by atoms with Gasteiger partial charge < -0.3 is 9.64 Å². The molecule has 1 aromatic heterocycles. The first-order valence-electron chi connectivity index (χ1n) is 9.96. The number of ether oxygens (including phenoxy) is 1. The molecular weight excluding hydrogens is 364 g/mol. The molecule has 0 radical (unpaired) electrons. The van der Waals surface area contributed by atoms with E-state index < -0.39 is 0 Å². The minimum atomic E-state index is -0.0153. The molecule has 150 valence electrons. The molecule has 1 aliphatic heterocycles. The number of aromatic amines is 1. The second-order valence-corrected chi connectivity index (χ2v) is 7.26. The Kier molecular flexibility index (Phi) is 5.25. The Hall–Kier alpha value is -3.28. The molecule has 1 fully saturated rings. The van der Waals surface area contributed by atoms with Crippen molar-refractivity contribution < 1.29 is 9.53 Å². The Morgan fingerprint density at radius 1 is 1.21 bits per heavy atom. The highest BCUT2D eigenvalue weighted by Gasteiger charge is 2.33. The molecule has 0 aliphatic carbocycles. The van der Waals surface area contributed by atoms with E-state index >= 15 is 0 Å². The SMILES string of the molecule is CCc1cc(N2CCN([C@H](C)c3cccc(OC)c3)C2=O)ccc1-c1cn[nH]c1. The Morgan fingerprint density at radius 2 is 2.07 bits per heavy atom. The van der Waals surface area contributed by atoms with E-state index in [9.17, 15) is 4.79 Å². The van der Waals surface area contributed by atoms with Crippen molar-refractivity contribution in [1.29, 1.82) is 0 Å². The van der Waals surface area contributed by atoms with Gasteiger partial charge in [-0.05, 0) is 54.3 Å². The van der Waals surface area contributed by atoms with E-state index in [-0.39, 0.29) is 12.1 Å². The zero-order valence-corrected chi connectivity index (χ0v) is 17.1. The molecule has 1 aliphatic rings. The third-order valence-electron chi connectivity index (χ3n) is 5.68. The first-order chi connectivity index (χ1) is 14.1. The summed E-state index contributed by atoms with van der Waals surface area (Å²) >= 11 is 0. The summed E-state index contributed by atoms with van der Waals surface area (Å²) in [7, 11) is 1.66. The summed E-state index contributed by atoms with van der Waals surface area (Å²) in [6.07, 6.45) is 4.61. The average Bonchev–Trinajstić information content (AvgIpc) is 3.43. The number of anilines is 1. The normalized spacial score (nSPS) is 15.1. The van der Waals surface area contributed by atoms with Gasteiger partial charge in [-0.25, -0.2) is 4.79 Å². The average molecular weight is 390 g/mol. The summed E-state index contributed by atoms with van der Waals surface area (Å²) in [6, 6.07) is 14.2. The molecule has 6 nitrogen and oxygen atoms in total. The minimum Gasteiger partial charge on any atom is -0.497 e. The highest BCUT2D eigenvalue weighted by molar-refractivity contribution is 5.95. The molecule has 1 saturated heterocycles. The monoisotopic (exact) mass is 390 g/mol. The third-order valence-corrected chi connectivity index (χ3v) is 5.68. The second-order valence-electron chi connectivity index (χ2n) is 7.26. The third kappa shape index (κ3) is 3.58. The zero-order valence-electron chi connectivity index (χ0n) is 17.1. The van der Waals surface area contributed by atoms with Gasteiger partial charge in [0.25, 0.3) is 0 Å². The van der Waals surface area contributed by atoms with Gasteiger partial charge in [0.15, 0.2) is 0 Å². The lowest BCUT2D eigenvalue weighted by Gasteiger charge is -2.26. The van der Waals surface area contributed by atoms with Crippen LogP contribution < -0.4 is 9.64 Å². The van der Waals surface area contributed by atoms with Gasteiger partial charge in [-0.1, -0.05) is 25.1 Å². The number of hydrogen-bond acceptors (Lipinski definition) is 3. The molecule has 29 heavy (non-hydrogen) atoms. The quantitative estimate of drug-likeness (QED) is 0.666. The molecule has 0 unspecified atom stereocenters. The number of benzene rings is 2. The van der Waals surface area contributed by atoms with E-state index in [0.717, 1.165) is 34.5 Å². The summed E-state index contributed by atoms with van der Waals surface area (Å²) in [6.45, 7) is 5.57. The van der Waals surface area contributed by atoms with Gasteiger partial charge in [0.05, 0.1) is 19.3 Å². The fourth-order valence-corrected chi connectivity index (χ4v) is 3.95. The van der Waals surface area contributed by atoms with E-state index in [0.29, 0.717) is 13.1 Å². The Bertz CT molecular complexity index is 1000. The van der Waals surface area contributed by atoms with Gasteiger partial charge in [0.1, 0.15) is 5.75 Å². The standard InChI is InChI=1S/C23H26N4O2/c1-4-17-12-20(8-9-22(17)19-14-24-25-15-19)27-11-10-26(23(27)28)16(2)18-6-5-7-21(13-18)29-3/h5-9,12-16H,4,10-11H2,1-3H3,(H,24,25)/t16-/m1/s1. The van der Waals surface area contributed by atoms with Crippen LogP contribution >= 0.6 is 0 Å². The lowest BCUT2D eigenvalue weighted by atomic mass is 9.99. The van der Waals surface area contributed by atoms with Crippen molar-refractivity contribution in [2.75, 3.05) is 25.1 Å². The largest absolute Gasteiger partial charge is 0.497 e. The van der Waals surface area contributed by atoms with Crippen LogP contribution in [0.25, 0.3) is 11.1 Å². The molecule has 1 N–H and O–H groups in total. The lowest BCUT2D eigenvalue weighted by Crippen LogP contribution is -2.33. The predicted molar refractivity (Wildman–Crippen MR) is 114 cm³/mol. The van der Waals surface area contributed by atoms with Crippen LogP contribution in [0.4, 0.5) is 10.5 Å². The molecule has 2 amide bonds. The van der Waals surface area contributed by atoms with Gasteiger partial charge in [0.2, 0.25) is 0 Å². The molecule has 0 saturated carbocycles. The number of aryl methyl sites for hydroxylation is 1. The Morgan fingerprint density at radius 3 is 2.79 bits per heavy atom. The van der Waals surface area contributed by atoms with Crippen molar-refractivity contribution in [3.05, 3.63) is 66.0 Å². The number of rotatable bonds is 6. The summed E-state index contributed by atoms with van der Waals surface area (Å²) in [5.74, 6) is 0.806. The number of nitrogens with one attached hydrogen (secondary N) is 1. The number of carbonyl (C=O) groups excluding carboxylic acids is 1. The molecule has 0 bridgehead atoms. The summed E-state index contributed by atoms with van der Waals surface area (Å²) < 4.78 is 5.33. The van der Waals surface area contributed by atoms with Crippen molar-refractivity contribution in [1.82, 2.24) is 15.1 Å². The van der Waals surface area contributed by atoms with E-state index in [1.54, 1.807) is 7.11 Å². The van der Waals surface area contributed by atoms with Crippen LogP contribution in [0.2, 0.25) is 0 Å². The molecule has 2 aromatic carbocycles. The molecule has 3 aromatic rings. The summed E-state index contributed by atoms with van der Waals surface area (Å²) in [5.41, 5.74) is 5.44. The van der Waals surface area contributed by atoms with Crippen LogP contribution in [0.3, 0.4) is 0 Å². The number of methoxy groups -OCH3 is 1. The van der Waals surface area contributed by atoms with Gasteiger partial charge in [-0.3, -0.25) is 10.00 Å². The fourth-order valence-electron chi connectivity index (χ4n) is 3.95. The van der Waals surface area contributed by atoms with Crippen molar-refractivity contribution in [3.63, 3.8) is 0 Å². The van der Waals surface area contributed by atoms with Crippen LogP contribution in [-0.2, 0) is 6.42 Å². The number of nitrogens with zero attached hydrogens (tertiary/aromatic N) is 3. The van der Waals surface area contributed by atoms with Crippen molar-refractivity contribution in [2.45, 2.75) is 26.3 Å². The van der Waals surface area contributed by atoms with Crippen LogP contribution in [0, 0.1) is 0 Å². The molecule has 1 atom stereocenters. The van der Waals surface area contributed by atoms with Crippen LogP contribution in [0.1, 0.15) is 31.0 Å². The number of aromatic nitrogens is 2. The smallest absolute Gasteiger partial charge is 0.325 e. The molecule has 0 spiro atoms. The number of urea groups is 1. The number of amides is 2. The van der Waals surface area contributed by atoms with Crippen LogP contribution in [0.5, 0.6) is 5.75 Å². The molecule has 2 heterocycles. The number of H-pyrrole nitrogens is 1. The maximum absolute atomic E-state index is 13.2. The zero-order chi connectivity index (χ0) is 20.4.